The summed E-state index contributed by atoms with van der Waals surface area (Å²) in [4.78, 5) is 10.5. The summed E-state index contributed by atoms with van der Waals surface area (Å²) in [5.74, 6) is -0.455. The van der Waals surface area contributed by atoms with E-state index in [0.717, 1.165) is 21.0 Å². The first kappa shape index (κ1) is 24.5. The average Bonchev–Trinajstić information content (AvgIpc) is 2.69. The average molecular weight is 554 g/mol. The fraction of sp³-hybridized carbons (Fsp3) is 0.0952. The van der Waals surface area contributed by atoms with Crippen molar-refractivity contribution in [1.82, 2.24) is 0 Å². The Balaban J connectivity index is 0.000000245. The third-order valence-corrected chi connectivity index (χ3v) is 4.23. The minimum Gasteiger partial charge on any atom is -0.406 e. The Morgan fingerprint density at radius 2 is 0.968 bits per heavy atom. The second-order valence-corrected chi connectivity index (χ2v) is 7.06. The van der Waals surface area contributed by atoms with E-state index < -0.39 is 12.7 Å². The Kier molecular flexibility index (Phi) is 8.31. The van der Waals surface area contributed by atoms with Gasteiger partial charge in [0.2, 0.25) is 0 Å². The van der Waals surface area contributed by atoms with Crippen LogP contribution >= 0.6 is 22.6 Å². The molecule has 0 bridgehead atoms. The lowest BCUT2D eigenvalue weighted by molar-refractivity contribution is -0.275. The Morgan fingerprint density at radius 1 is 0.613 bits per heavy atom. The smallest absolute Gasteiger partial charge is 0.406 e. The summed E-state index contributed by atoms with van der Waals surface area (Å²) < 4.78 is 79.1. The Bertz CT molecular complexity index is 966. The molecule has 164 valence electrons. The van der Waals surface area contributed by atoms with Crippen molar-refractivity contribution in [3.63, 3.8) is 0 Å². The molecule has 0 fully saturated rings. The zero-order valence-electron chi connectivity index (χ0n) is 15.4. The number of hydrogen-bond donors (Lipinski definition) is 0. The number of ether oxygens (including phenoxy) is 2. The van der Waals surface area contributed by atoms with Gasteiger partial charge in [-0.25, -0.2) is 0 Å². The first-order valence-corrected chi connectivity index (χ1v) is 9.46. The SMILES string of the molecule is FC(F)(F)Oc1ccc(I)cc1.O=Cc1ccc(-c2ccc(OC(F)(F)F)cc2)cc1. The van der Waals surface area contributed by atoms with Crippen molar-refractivity contribution in [2.24, 2.45) is 0 Å². The molecule has 3 aromatic rings. The van der Waals surface area contributed by atoms with E-state index in [1.165, 1.54) is 36.4 Å². The van der Waals surface area contributed by atoms with Gasteiger partial charge in [0.05, 0.1) is 0 Å². The van der Waals surface area contributed by atoms with E-state index in [-0.39, 0.29) is 11.5 Å². The van der Waals surface area contributed by atoms with Crippen LogP contribution in [0.25, 0.3) is 11.1 Å². The van der Waals surface area contributed by atoms with Gasteiger partial charge in [0.15, 0.2) is 0 Å². The van der Waals surface area contributed by atoms with Crippen molar-refractivity contribution in [3.05, 3.63) is 81.9 Å². The van der Waals surface area contributed by atoms with Gasteiger partial charge in [-0.15, -0.1) is 26.3 Å². The summed E-state index contributed by atoms with van der Waals surface area (Å²) in [5.41, 5.74) is 2.09. The van der Waals surface area contributed by atoms with Crippen LogP contribution in [0.4, 0.5) is 26.3 Å². The highest BCUT2D eigenvalue weighted by atomic mass is 127. The lowest BCUT2D eigenvalue weighted by Gasteiger charge is -2.09. The second-order valence-electron chi connectivity index (χ2n) is 5.81. The van der Waals surface area contributed by atoms with Gasteiger partial charge in [-0.05, 0) is 70.1 Å². The van der Waals surface area contributed by atoms with E-state index in [4.69, 9.17) is 0 Å². The van der Waals surface area contributed by atoms with Crippen LogP contribution in [-0.4, -0.2) is 19.0 Å². The minimum atomic E-state index is -4.69. The van der Waals surface area contributed by atoms with Crippen molar-refractivity contribution in [2.75, 3.05) is 0 Å². The lowest BCUT2D eigenvalue weighted by Crippen LogP contribution is -2.16. The largest absolute Gasteiger partial charge is 0.573 e. The molecule has 10 heteroatoms. The molecule has 0 atom stereocenters. The van der Waals surface area contributed by atoms with Crippen LogP contribution in [0.1, 0.15) is 10.4 Å². The summed E-state index contributed by atoms with van der Waals surface area (Å²) >= 11 is 2.00. The van der Waals surface area contributed by atoms with Gasteiger partial charge in [-0.2, -0.15) is 0 Å². The molecule has 3 nitrogen and oxygen atoms in total. The summed E-state index contributed by atoms with van der Waals surface area (Å²) in [6.07, 6.45) is -8.57. The summed E-state index contributed by atoms with van der Waals surface area (Å²) in [6.45, 7) is 0. The zero-order valence-corrected chi connectivity index (χ0v) is 17.5. The molecule has 0 spiro atoms. The molecule has 0 unspecified atom stereocenters. The molecular weight excluding hydrogens is 541 g/mol. The number of rotatable bonds is 4. The Labute approximate surface area is 186 Å². The standard InChI is InChI=1S/C14H9F3O2.C7H4F3IO/c15-14(16,17)19-13-7-5-12(6-8-13)11-3-1-10(9-18)2-4-11;8-7(9,10)12-6-3-1-5(11)2-4-6/h1-9H;1-4H. The molecule has 0 aliphatic rings. The molecule has 0 saturated heterocycles. The summed E-state index contributed by atoms with van der Waals surface area (Å²) in [5, 5.41) is 0. The van der Waals surface area contributed by atoms with E-state index >= 15 is 0 Å². The van der Waals surface area contributed by atoms with Crippen LogP contribution in [0.2, 0.25) is 0 Å². The fourth-order valence-electron chi connectivity index (χ4n) is 2.24. The number of carbonyl (C=O) groups is 1. The summed E-state index contributed by atoms with van der Waals surface area (Å²) in [6, 6.07) is 17.9. The van der Waals surface area contributed by atoms with Crippen LogP contribution in [0.15, 0.2) is 72.8 Å². The van der Waals surface area contributed by atoms with Gasteiger partial charge in [0.1, 0.15) is 17.8 Å². The molecule has 0 aliphatic heterocycles. The highest BCUT2D eigenvalue weighted by Gasteiger charge is 2.31. The van der Waals surface area contributed by atoms with Crippen LogP contribution in [0, 0.1) is 3.57 Å². The molecule has 0 aliphatic carbocycles. The summed E-state index contributed by atoms with van der Waals surface area (Å²) in [7, 11) is 0. The van der Waals surface area contributed by atoms with Crippen LogP contribution in [-0.2, 0) is 0 Å². The van der Waals surface area contributed by atoms with Gasteiger partial charge in [0.25, 0.3) is 0 Å². The third kappa shape index (κ3) is 9.28. The molecule has 0 aromatic heterocycles. The van der Waals surface area contributed by atoms with Crippen LogP contribution in [0.3, 0.4) is 0 Å². The number of halogens is 7. The maximum Gasteiger partial charge on any atom is 0.573 e. The predicted octanol–water partition coefficient (Wildman–Crippen LogP) is 7.25. The quantitative estimate of drug-likeness (QED) is 0.194. The highest BCUT2D eigenvalue weighted by molar-refractivity contribution is 14.1. The number of alkyl halides is 6. The van der Waals surface area contributed by atoms with E-state index in [1.54, 1.807) is 36.4 Å². The third-order valence-electron chi connectivity index (χ3n) is 3.52. The highest BCUT2D eigenvalue weighted by Crippen LogP contribution is 2.26. The monoisotopic (exact) mass is 554 g/mol. The van der Waals surface area contributed by atoms with E-state index in [2.05, 4.69) is 9.47 Å². The van der Waals surface area contributed by atoms with Gasteiger partial charge in [-0.1, -0.05) is 36.4 Å². The lowest BCUT2D eigenvalue weighted by atomic mass is 10.0. The first-order valence-electron chi connectivity index (χ1n) is 8.38. The van der Waals surface area contributed by atoms with Gasteiger partial charge in [0, 0.05) is 9.13 Å². The molecule has 31 heavy (non-hydrogen) atoms. The van der Waals surface area contributed by atoms with Crippen LogP contribution < -0.4 is 9.47 Å². The van der Waals surface area contributed by atoms with Crippen molar-refractivity contribution >= 4 is 28.9 Å². The number of hydrogen-bond acceptors (Lipinski definition) is 3. The van der Waals surface area contributed by atoms with Crippen molar-refractivity contribution < 1.29 is 40.6 Å². The van der Waals surface area contributed by atoms with Gasteiger partial charge in [-0.3, -0.25) is 4.79 Å². The molecule has 0 N–H and O–H groups in total. The minimum absolute atomic E-state index is 0.192. The fourth-order valence-corrected chi connectivity index (χ4v) is 2.60. The Hall–Kier alpha value is -2.76. The molecule has 0 saturated carbocycles. The number of benzene rings is 3. The second kappa shape index (κ2) is 10.5. The maximum absolute atomic E-state index is 12.0. The predicted molar refractivity (Wildman–Crippen MR) is 110 cm³/mol. The molecule has 0 heterocycles. The van der Waals surface area contributed by atoms with Gasteiger partial charge >= 0.3 is 12.7 Å². The Morgan fingerprint density at radius 3 is 1.32 bits per heavy atom. The van der Waals surface area contributed by atoms with Crippen LogP contribution in [0.5, 0.6) is 11.5 Å². The topological polar surface area (TPSA) is 35.5 Å². The molecular formula is C21H13F6IO3. The van der Waals surface area contributed by atoms with Gasteiger partial charge < -0.3 is 9.47 Å². The van der Waals surface area contributed by atoms with Crippen molar-refractivity contribution in [2.45, 2.75) is 12.7 Å². The van der Waals surface area contributed by atoms with E-state index in [1.807, 2.05) is 22.6 Å². The molecule has 3 rings (SSSR count). The number of carbonyl (C=O) groups excluding carboxylic acids is 1. The van der Waals surface area contributed by atoms with E-state index in [9.17, 15) is 31.1 Å². The van der Waals surface area contributed by atoms with Crippen molar-refractivity contribution in [3.8, 4) is 22.6 Å². The normalized spacial score (nSPS) is 11.2. The van der Waals surface area contributed by atoms with E-state index in [0.29, 0.717) is 5.56 Å². The maximum atomic E-state index is 12.0. The molecule has 0 radical (unpaired) electrons. The number of aldehydes is 1. The van der Waals surface area contributed by atoms with Crippen molar-refractivity contribution in [1.29, 1.82) is 0 Å². The molecule has 3 aromatic carbocycles. The first-order chi connectivity index (χ1) is 14.4. The molecule has 0 amide bonds. The zero-order chi connectivity index (χ0) is 23.1.